The maximum absolute atomic E-state index is 12.5. The molecule has 2 unspecified atom stereocenters. The van der Waals surface area contributed by atoms with Crippen molar-refractivity contribution in [1.29, 1.82) is 0 Å². The number of benzene rings is 1. The van der Waals surface area contributed by atoms with Crippen molar-refractivity contribution in [2.45, 2.75) is 71.3 Å². The van der Waals surface area contributed by atoms with Gasteiger partial charge in [-0.3, -0.25) is 4.79 Å². The number of carbonyl (C=O) groups excluding carboxylic acids is 1. The van der Waals surface area contributed by atoms with E-state index in [1.807, 2.05) is 13.8 Å². The summed E-state index contributed by atoms with van der Waals surface area (Å²) in [6, 6.07) is 6.33. The number of carbonyl (C=O) groups is 1. The fraction of sp³-hybridized carbons (Fsp3) is 0.545. The molecular weight excluding hydrogens is 370 g/mol. The van der Waals surface area contributed by atoms with Crippen LogP contribution in [0.15, 0.2) is 23.4 Å². The zero-order chi connectivity index (χ0) is 20.3. The van der Waals surface area contributed by atoms with Crippen LogP contribution in [0.4, 0.5) is 0 Å². The molecule has 1 amide bonds. The van der Waals surface area contributed by atoms with Crippen LogP contribution >= 0.6 is 11.8 Å². The first-order valence-corrected chi connectivity index (χ1v) is 11.0. The van der Waals surface area contributed by atoms with E-state index in [9.17, 15) is 4.79 Å². The molecule has 2 aromatic rings. The number of rotatable bonds is 7. The van der Waals surface area contributed by atoms with E-state index in [0.29, 0.717) is 5.75 Å². The van der Waals surface area contributed by atoms with Crippen LogP contribution in [-0.4, -0.2) is 33.9 Å². The number of nitrogens with zero attached hydrogens (tertiary/aromatic N) is 2. The normalized spacial score (nSPS) is 17.7. The first kappa shape index (κ1) is 20.9. The average molecular weight is 402 g/mol. The van der Waals surface area contributed by atoms with Gasteiger partial charge in [-0.25, -0.2) is 4.98 Å². The molecule has 0 radical (unpaired) electrons. The zero-order valence-electron chi connectivity index (χ0n) is 17.5. The van der Waals surface area contributed by atoms with Gasteiger partial charge in [-0.15, -0.1) is 0 Å². The van der Waals surface area contributed by atoms with Crippen molar-refractivity contribution < 1.29 is 9.53 Å². The number of imidazole rings is 1. The number of amides is 1. The minimum Gasteiger partial charge on any atom is -0.376 e. The van der Waals surface area contributed by atoms with E-state index in [1.54, 1.807) is 0 Å². The van der Waals surface area contributed by atoms with E-state index < -0.39 is 0 Å². The molecule has 152 valence electrons. The largest absolute Gasteiger partial charge is 0.376 e. The Morgan fingerprint density at radius 1 is 1.32 bits per heavy atom. The molecule has 0 spiro atoms. The third-order valence-corrected chi connectivity index (χ3v) is 6.55. The van der Waals surface area contributed by atoms with Crippen molar-refractivity contribution >= 4 is 17.7 Å². The molecule has 1 aromatic carbocycles. The van der Waals surface area contributed by atoms with Gasteiger partial charge in [0.2, 0.25) is 5.91 Å². The SMILES string of the molecule is Cc1ccc(C(C)NC(=O)CSc2nc(C)c(C)n2CC2CCCO2)cc1C. The molecule has 1 fully saturated rings. The lowest BCUT2D eigenvalue weighted by atomic mass is 10.0. The van der Waals surface area contributed by atoms with Crippen molar-refractivity contribution in [1.82, 2.24) is 14.9 Å². The van der Waals surface area contributed by atoms with Crippen LogP contribution in [0.3, 0.4) is 0 Å². The van der Waals surface area contributed by atoms with Gasteiger partial charge < -0.3 is 14.6 Å². The van der Waals surface area contributed by atoms with E-state index in [4.69, 9.17) is 4.74 Å². The topological polar surface area (TPSA) is 56.2 Å². The second kappa shape index (κ2) is 9.14. The Bertz CT molecular complexity index is 841. The molecule has 1 aliphatic rings. The molecule has 1 aromatic heterocycles. The minimum absolute atomic E-state index is 0.0116. The molecule has 0 bridgehead atoms. The molecule has 0 saturated carbocycles. The summed E-state index contributed by atoms with van der Waals surface area (Å²) < 4.78 is 7.99. The van der Waals surface area contributed by atoms with Crippen molar-refractivity contribution in [2.75, 3.05) is 12.4 Å². The van der Waals surface area contributed by atoms with Gasteiger partial charge in [-0.1, -0.05) is 30.0 Å². The predicted molar refractivity (Wildman–Crippen MR) is 114 cm³/mol. The van der Waals surface area contributed by atoms with Crippen LogP contribution in [0.1, 0.15) is 53.9 Å². The van der Waals surface area contributed by atoms with Gasteiger partial charge >= 0.3 is 0 Å². The molecule has 6 heteroatoms. The van der Waals surface area contributed by atoms with Gasteiger partial charge in [-0.05, 0) is 64.2 Å². The zero-order valence-corrected chi connectivity index (χ0v) is 18.4. The summed E-state index contributed by atoms with van der Waals surface area (Å²) in [5, 5.41) is 4.01. The monoisotopic (exact) mass is 401 g/mol. The smallest absolute Gasteiger partial charge is 0.230 e. The second-order valence-electron chi connectivity index (χ2n) is 7.73. The molecule has 28 heavy (non-hydrogen) atoms. The van der Waals surface area contributed by atoms with E-state index in [2.05, 4.69) is 53.8 Å². The lowest BCUT2D eigenvalue weighted by Crippen LogP contribution is -2.28. The maximum Gasteiger partial charge on any atom is 0.230 e. The van der Waals surface area contributed by atoms with E-state index >= 15 is 0 Å². The number of aromatic nitrogens is 2. The highest BCUT2D eigenvalue weighted by atomic mass is 32.2. The lowest BCUT2D eigenvalue weighted by Gasteiger charge is -2.16. The quantitative estimate of drug-likeness (QED) is 0.704. The standard InChI is InChI=1S/C22H31N3O2S/c1-14-8-9-19(11-15(14)2)17(4)23-21(26)13-28-22-24-16(3)18(5)25(22)12-20-7-6-10-27-20/h8-9,11,17,20H,6-7,10,12-13H2,1-5H3,(H,23,26). The van der Waals surface area contributed by atoms with E-state index in [0.717, 1.165) is 48.1 Å². The van der Waals surface area contributed by atoms with Crippen molar-refractivity contribution in [3.05, 3.63) is 46.3 Å². The summed E-state index contributed by atoms with van der Waals surface area (Å²) >= 11 is 1.50. The molecule has 2 heterocycles. The molecular formula is C22H31N3O2S. The van der Waals surface area contributed by atoms with Crippen LogP contribution in [0, 0.1) is 27.7 Å². The Morgan fingerprint density at radius 2 is 2.11 bits per heavy atom. The fourth-order valence-electron chi connectivity index (χ4n) is 3.47. The van der Waals surface area contributed by atoms with Gasteiger partial charge in [0.25, 0.3) is 0 Å². The van der Waals surface area contributed by atoms with Crippen molar-refractivity contribution in [3.8, 4) is 0 Å². The third-order valence-electron chi connectivity index (χ3n) is 5.57. The average Bonchev–Trinajstić information content (AvgIpc) is 3.26. The van der Waals surface area contributed by atoms with Gasteiger partial charge in [0.05, 0.1) is 30.1 Å². The summed E-state index contributed by atoms with van der Waals surface area (Å²) in [7, 11) is 0. The Morgan fingerprint density at radius 3 is 2.79 bits per heavy atom. The van der Waals surface area contributed by atoms with Crippen LogP contribution in [-0.2, 0) is 16.1 Å². The minimum atomic E-state index is -0.0116. The van der Waals surface area contributed by atoms with Crippen LogP contribution in [0.5, 0.6) is 0 Å². The number of thioether (sulfide) groups is 1. The first-order valence-electron chi connectivity index (χ1n) is 9.99. The highest BCUT2D eigenvalue weighted by molar-refractivity contribution is 7.99. The maximum atomic E-state index is 12.5. The molecule has 3 rings (SSSR count). The summed E-state index contributed by atoms with van der Waals surface area (Å²) in [5.74, 6) is 0.383. The summed E-state index contributed by atoms with van der Waals surface area (Å²) in [4.78, 5) is 17.2. The van der Waals surface area contributed by atoms with Crippen molar-refractivity contribution in [2.24, 2.45) is 0 Å². The number of hydrogen-bond acceptors (Lipinski definition) is 4. The number of aryl methyl sites for hydroxylation is 3. The summed E-state index contributed by atoms with van der Waals surface area (Å²) in [6.45, 7) is 12.0. The predicted octanol–water partition coefficient (Wildman–Crippen LogP) is 4.27. The highest BCUT2D eigenvalue weighted by Gasteiger charge is 2.21. The second-order valence-corrected chi connectivity index (χ2v) is 8.67. The number of ether oxygens (including phenoxy) is 1. The lowest BCUT2D eigenvalue weighted by molar-refractivity contribution is -0.119. The van der Waals surface area contributed by atoms with E-state index in [-0.39, 0.29) is 18.1 Å². The molecule has 1 N–H and O–H groups in total. The van der Waals surface area contributed by atoms with E-state index in [1.165, 1.54) is 22.9 Å². The van der Waals surface area contributed by atoms with Gasteiger partial charge in [0, 0.05) is 12.3 Å². The summed E-state index contributed by atoms with van der Waals surface area (Å²) in [6.07, 6.45) is 2.47. The molecule has 2 atom stereocenters. The Labute approximate surface area is 172 Å². The number of nitrogens with one attached hydrogen (secondary N) is 1. The Kier molecular flexibility index (Phi) is 6.83. The Hall–Kier alpha value is -1.79. The fourth-order valence-corrected chi connectivity index (χ4v) is 4.38. The first-order chi connectivity index (χ1) is 13.3. The molecule has 1 aliphatic heterocycles. The van der Waals surface area contributed by atoms with Crippen molar-refractivity contribution in [3.63, 3.8) is 0 Å². The van der Waals surface area contributed by atoms with Gasteiger partial charge in [-0.2, -0.15) is 0 Å². The van der Waals surface area contributed by atoms with Gasteiger partial charge in [0.15, 0.2) is 5.16 Å². The van der Waals surface area contributed by atoms with Crippen LogP contribution in [0.25, 0.3) is 0 Å². The molecule has 5 nitrogen and oxygen atoms in total. The number of hydrogen-bond donors (Lipinski definition) is 1. The Balaban J connectivity index is 1.59. The van der Waals surface area contributed by atoms with Crippen LogP contribution < -0.4 is 5.32 Å². The molecule has 0 aliphatic carbocycles. The highest BCUT2D eigenvalue weighted by Crippen LogP contribution is 2.24. The van der Waals surface area contributed by atoms with Gasteiger partial charge in [0.1, 0.15) is 0 Å². The van der Waals surface area contributed by atoms with Crippen LogP contribution in [0.2, 0.25) is 0 Å². The molecule has 1 saturated heterocycles. The summed E-state index contributed by atoms with van der Waals surface area (Å²) in [5.41, 5.74) is 5.82. The third kappa shape index (κ3) is 4.97.